The van der Waals surface area contributed by atoms with Crippen LogP contribution in [0.5, 0.6) is 0 Å². The highest BCUT2D eigenvalue weighted by Gasteiger charge is 2.26. The zero-order valence-corrected chi connectivity index (χ0v) is 11.5. The van der Waals surface area contributed by atoms with Crippen LogP contribution >= 0.6 is 0 Å². The van der Waals surface area contributed by atoms with E-state index in [1.165, 1.54) is 6.42 Å². The number of nitrogens with one attached hydrogen (secondary N) is 1. The first-order valence-corrected chi connectivity index (χ1v) is 6.68. The quantitative estimate of drug-likeness (QED) is 0.772. The minimum absolute atomic E-state index is 0.106. The van der Waals surface area contributed by atoms with Crippen molar-refractivity contribution in [2.75, 3.05) is 13.1 Å². The van der Waals surface area contributed by atoms with Crippen LogP contribution in [0, 0.1) is 5.92 Å². The molecular formula is C13H24N2O3. The topological polar surface area (TPSA) is 69.6 Å². The van der Waals surface area contributed by atoms with E-state index in [9.17, 15) is 9.59 Å². The molecule has 104 valence electrons. The van der Waals surface area contributed by atoms with Crippen LogP contribution in [0.3, 0.4) is 0 Å². The first-order valence-electron chi connectivity index (χ1n) is 6.68. The smallest absolute Gasteiger partial charge is 0.326 e. The number of carbonyl (C=O) groups excluding carboxylic acids is 1. The van der Waals surface area contributed by atoms with Gasteiger partial charge in [-0.25, -0.2) is 4.79 Å². The Morgan fingerprint density at radius 2 is 2.06 bits per heavy atom. The molecule has 2 N–H and O–H groups in total. The third-order valence-corrected chi connectivity index (χ3v) is 3.54. The maximum atomic E-state index is 11.9. The lowest BCUT2D eigenvalue weighted by atomic mass is 10.0. The SMILES string of the molecule is CC(C)C(NC(=O)CN1CCCCC1C)C(=O)O. The molecule has 1 rings (SSSR count). The van der Waals surface area contributed by atoms with E-state index in [0.717, 1.165) is 19.4 Å². The van der Waals surface area contributed by atoms with Gasteiger partial charge in [0, 0.05) is 6.04 Å². The highest BCUT2D eigenvalue weighted by atomic mass is 16.4. The number of carboxylic acids is 1. The minimum Gasteiger partial charge on any atom is -0.480 e. The van der Waals surface area contributed by atoms with Crippen molar-refractivity contribution in [1.29, 1.82) is 0 Å². The van der Waals surface area contributed by atoms with Gasteiger partial charge in [-0.05, 0) is 32.2 Å². The molecule has 0 radical (unpaired) electrons. The molecule has 5 nitrogen and oxygen atoms in total. The molecule has 0 bridgehead atoms. The lowest BCUT2D eigenvalue weighted by Crippen LogP contribution is -2.50. The Kier molecular flexibility index (Phi) is 5.59. The molecule has 5 heteroatoms. The highest BCUT2D eigenvalue weighted by molar-refractivity contribution is 5.84. The molecule has 0 aromatic heterocycles. The molecule has 0 aromatic carbocycles. The number of hydrogen-bond donors (Lipinski definition) is 2. The zero-order chi connectivity index (χ0) is 13.7. The summed E-state index contributed by atoms with van der Waals surface area (Å²) in [5, 5.41) is 11.6. The van der Waals surface area contributed by atoms with E-state index in [2.05, 4.69) is 17.1 Å². The van der Waals surface area contributed by atoms with Gasteiger partial charge < -0.3 is 10.4 Å². The fourth-order valence-electron chi connectivity index (χ4n) is 2.31. The lowest BCUT2D eigenvalue weighted by molar-refractivity contribution is -0.143. The average Bonchev–Trinajstić information content (AvgIpc) is 2.28. The number of hydrogen-bond acceptors (Lipinski definition) is 3. The van der Waals surface area contributed by atoms with Crippen LogP contribution in [0.4, 0.5) is 0 Å². The lowest BCUT2D eigenvalue weighted by Gasteiger charge is -2.33. The summed E-state index contributed by atoms with van der Waals surface area (Å²) in [6.07, 6.45) is 3.44. The van der Waals surface area contributed by atoms with Crippen molar-refractivity contribution in [3.63, 3.8) is 0 Å². The molecule has 1 aliphatic heterocycles. The Labute approximate surface area is 109 Å². The Bertz CT molecular complexity index is 305. The van der Waals surface area contributed by atoms with Crippen LogP contribution in [0.15, 0.2) is 0 Å². The molecule has 1 heterocycles. The minimum atomic E-state index is -0.968. The summed E-state index contributed by atoms with van der Waals surface area (Å²) in [6, 6.07) is -0.385. The first kappa shape index (κ1) is 15.0. The molecule has 1 fully saturated rings. The first-order chi connectivity index (χ1) is 8.41. The van der Waals surface area contributed by atoms with E-state index >= 15 is 0 Å². The Hall–Kier alpha value is -1.10. The summed E-state index contributed by atoms with van der Waals surface area (Å²) in [6.45, 7) is 6.93. The van der Waals surface area contributed by atoms with Crippen molar-refractivity contribution < 1.29 is 14.7 Å². The van der Waals surface area contributed by atoms with Gasteiger partial charge in [0.2, 0.25) is 5.91 Å². The van der Waals surface area contributed by atoms with Crippen LogP contribution in [0.2, 0.25) is 0 Å². The number of rotatable bonds is 5. The number of piperidine rings is 1. The van der Waals surface area contributed by atoms with E-state index in [4.69, 9.17) is 5.11 Å². The molecular weight excluding hydrogens is 232 g/mol. The van der Waals surface area contributed by atoms with E-state index in [1.54, 1.807) is 13.8 Å². The second-order valence-electron chi connectivity index (χ2n) is 5.44. The molecule has 2 unspecified atom stereocenters. The Balaban J connectivity index is 2.47. The second kappa shape index (κ2) is 6.73. The normalized spacial score (nSPS) is 22.8. The van der Waals surface area contributed by atoms with Gasteiger partial charge in [-0.2, -0.15) is 0 Å². The van der Waals surface area contributed by atoms with Crippen LogP contribution in [0.25, 0.3) is 0 Å². The van der Waals surface area contributed by atoms with Gasteiger partial charge in [0.1, 0.15) is 6.04 Å². The predicted octanol–water partition coefficient (Wildman–Crippen LogP) is 1.09. The van der Waals surface area contributed by atoms with Crippen molar-refractivity contribution in [3.8, 4) is 0 Å². The second-order valence-corrected chi connectivity index (χ2v) is 5.44. The summed E-state index contributed by atoms with van der Waals surface area (Å²) < 4.78 is 0. The van der Waals surface area contributed by atoms with Gasteiger partial charge in [-0.15, -0.1) is 0 Å². The fourth-order valence-corrected chi connectivity index (χ4v) is 2.31. The van der Waals surface area contributed by atoms with Crippen molar-refractivity contribution in [3.05, 3.63) is 0 Å². The Morgan fingerprint density at radius 3 is 2.56 bits per heavy atom. The molecule has 0 aliphatic carbocycles. The predicted molar refractivity (Wildman–Crippen MR) is 69.3 cm³/mol. The number of amides is 1. The number of carboxylic acid groups (broad SMARTS) is 1. The van der Waals surface area contributed by atoms with Gasteiger partial charge in [0.25, 0.3) is 0 Å². The summed E-state index contributed by atoms with van der Waals surface area (Å²) in [7, 11) is 0. The fraction of sp³-hybridized carbons (Fsp3) is 0.846. The molecule has 1 saturated heterocycles. The maximum absolute atomic E-state index is 11.9. The van der Waals surface area contributed by atoms with Gasteiger partial charge in [-0.1, -0.05) is 20.3 Å². The summed E-state index contributed by atoms with van der Waals surface area (Å²) >= 11 is 0. The Morgan fingerprint density at radius 1 is 1.39 bits per heavy atom. The van der Waals surface area contributed by atoms with Gasteiger partial charge >= 0.3 is 5.97 Å². The summed E-state index contributed by atoms with van der Waals surface area (Å²) in [4.78, 5) is 25.0. The van der Waals surface area contributed by atoms with E-state index < -0.39 is 12.0 Å². The number of nitrogens with zero attached hydrogens (tertiary/aromatic N) is 1. The molecule has 18 heavy (non-hydrogen) atoms. The zero-order valence-electron chi connectivity index (χ0n) is 11.5. The van der Waals surface area contributed by atoms with Crippen LogP contribution < -0.4 is 5.32 Å². The number of carbonyl (C=O) groups is 2. The third-order valence-electron chi connectivity index (χ3n) is 3.54. The highest BCUT2D eigenvalue weighted by Crippen LogP contribution is 2.15. The van der Waals surface area contributed by atoms with Gasteiger partial charge in [0.05, 0.1) is 6.54 Å². The largest absolute Gasteiger partial charge is 0.480 e. The van der Waals surface area contributed by atoms with Crippen LogP contribution in [0.1, 0.15) is 40.0 Å². The third kappa shape index (κ3) is 4.29. The number of likely N-dealkylation sites (tertiary alicyclic amines) is 1. The van der Waals surface area contributed by atoms with Crippen molar-refractivity contribution >= 4 is 11.9 Å². The standard InChI is InChI=1S/C13H24N2O3/c1-9(2)12(13(17)18)14-11(16)8-15-7-5-4-6-10(15)3/h9-10,12H,4-8H2,1-3H3,(H,14,16)(H,17,18). The van der Waals surface area contributed by atoms with Crippen molar-refractivity contribution in [2.24, 2.45) is 5.92 Å². The molecule has 0 saturated carbocycles. The maximum Gasteiger partial charge on any atom is 0.326 e. The van der Waals surface area contributed by atoms with Crippen molar-refractivity contribution in [1.82, 2.24) is 10.2 Å². The van der Waals surface area contributed by atoms with Crippen molar-refractivity contribution in [2.45, 2.75) is 52.1 Å². The molecule has 0 spiro atoms. The summed E-state index contributed by atoms with van der Waals surface area (Å²) in [5.74, 6) is -1.26. The molecule has 2 atom stereocenters. The van der Waals surface area contributed by atoms with Crippen LogP contribution in [-0.4, -0.2) is 47.1 Å². The van der Waals surface area contributed by atoms with Crippen LogP contribution in [-0.2, 0) is 9.59 Å². The summed E-state index contributed by atoms with van der Waals surface area (Å²) in [5.41, 5.74) is 0. The number of aliphatic carboxylic acids is 1. The molecule has 1 aliphatic rings. The molecule has 1 amide bonds. The van der Waals surface area contributed by atoms with E-state index in [0.29, 0.717) is 12.6 Å². The van der Waals surface area contributed by atoms with E-state index in [1.807, 2.05) is 0 Å². The monoisotopic (exact) mass is 256 g/mol. The molecule has 0 aromatic rings. The average molecular weight is 256 g/mol. The van der Waals surface area contributed by atoms with Gasteiger partial charge in [-0.3, -0.25) is 9.69 Å². The van der Waals surface area contributed by atoms with Gasteiger partial charge in [0.15, 0.2) is 0 Å². The van der Waals surface area contributed by atoms with E-state index in [-0.39, 0.29) is 11.8 Å².